The third-order valence-electron chi connectivity index (χ3n) is 4.35. The number of fused-ring (bicyclic) bond motifs is 2. The SMILES string of the molecule is [B]c1ccc([B])c(C2=C3C=CCC=C3Sc3ccccc32)c1C(=O)Cl. The van der Waals surface area contributed by atoms with Crippen molar-refractivity contribution in [1.82, 2.24) is 0 Å². The molecule has 0 bridgehead atoms. The number of allylic oxidation sites excluding steroid dienone is 4. The summed E-state index contributed by atoms with van der Waals surface area (Å²) < 4.78 is 0. The summed E-state index contributed by atoms with van der Waals surface area (Å²) in [6, 6.07) is 11.4. The van der Waals surface area contributed by atoms with Gasteiger partial charge >= 0.3 is 0 Å². The van der Waals surface area contributed by atoms with Gasteiger partial charge in [0, 0.05) is 15.4 Å². The molecule has 25 heavy (non-hydrogen) atoms. The largest absolute Gasteiger partial charge is 0.276 e. The molecule has 0 atom stereocenters. The van der Waals surface area contributed by atoms with Crippen LogP contribution in [0, 0.1) is 0 Å². The van der Waals surface area contributed by atoms with E-state index >= 15 is 0 Å². The topological polar surface area (TPSA) is 17.1 Å². The van der Waals surface area contributed by atoms with Crippen LogP contribution in [0.5, 0.6) is 0 Å². The van der Waals surface area contributed by atoms with Crippen molar-refractivity contribution in [3.63, 3.8) is 0 Å². The molecule has 116 valence electrons. The van der Waals surface area contributed by atoms with E-state index in [-0.39, 0.29) is 5.56 Å². The van der Waals surface area contributed by atoms with Crippen LogP contribution in [0.3, 0.4) is 0 Å². The second kappa shape index (κ2) is 6.44. The van der Waals surface area contributed by atoms with Crippen molar-refractivity contribution in [2.24, 2.45) is 0 Å². The second-order valence-electron chi connectivity index (χ2n) is 5.86. The van der Waals surface area contributed by atoms with Crippen LogP contribution in [0.1, 0.15) is 27.9 Å². The Bertz CT molecular complexity index is 1000. The molecular formula is C20H11B2ClOS. The van der Waals surface area contributed by atoms with Gasteiger partial charge in [0.15, 0.2) is 0 Å². The molecule has 1 heterocycles. The highest BCUT2D eigenvalue weighted by Crippen LogP contribution is 2.48. The highest BCUT2D eigenvalue weighted by Gasteiger charge is 2.27. The number of benzene rings is 2. The fourth-order valence-electron chi connectivity index (χ4n) is 3.27. The van der Waals surface area contributed by atoms with E-state index in [2.05, 4.69) is 24.3 Å². The highest BCUT2D eigenvalue weighted by molar-refractivity contribution is 8.03. The minimum atomic E-state index is -0.603. The maximum Gasteiger partial charge on any atom is 0.252 e. The minimum Gasteiger partial charge on any atom is -0.276 e. The van der Waals surface area contributed by atoms with Gasteiger partial charge in [-0.05, 0) is 46.4 Å². The van der Waals surface area contributed by atoms with E-state index in [1.54, 1.807) is 23.9 Å². The quantitative estimate of drug-likeness (QED) is 0.606. The molecule has 0 fully saturated rings. The number of halogens is 1. The van der Waals surface area contributed by atoms with Crippen LogP contribution < -0.4 is 10.9 Å². The molecule has 4 radical (unpaired) electrons. The lowest BCUT2D eigenvalue weighted by molar-refractivity contribution is 0.108. The van der Waals surface area contributed by atoms with Crippen LogP contribution in [0.2, 0.25) is 0 Å². The second-order valence-corrected chi connectivity index (χ2v) is 7.29. The maximum absolute atomic E-state index is 12.1. The van der Waals surface area contributed by atoms with Crippen molar-refractivity contribution < 1.29 is 4.79 Å². The Morgan fingerprint density at radius 2 is 1.84 bits per heavy atom. The van der Waals surface area contributed by atoms with Crippen molar-refractivity contribution in [1.29, 1.82) is 0 Å². The Morgan fingerprint density at radius 3 is 2.64 bits per heavy atom. The summed E-state index contributed by atoms with van der Waals surface area (Å²) in [5.74, 6) is 0. The Balaban J connectivity index is 2.13. The van der Waals surface area contributed by atoms with Crippen LogP contribution >= 0.6 is 23.4 Å². The zero-order valence-corrected chi connectivity index (χ0v) is 14.8. The van der Waals surface area contributed by atoms with E-state index in [0.29, 0.717) is 16.5 Å². The number of carbonyl (C=O) groups is 1. The molecule has 5 heteroatoms. The lowest BCUT2D eigenvalue weighted by Gasteiger charge is -2.28. The van der Waals surface area contributed by atoms with Crippen molar-refractivity contribution in [3.8, 4) is 0 Å². The van der Waals surface area contributed by atoms with Crippen molar-refractivity contribution in [3.05, 3.63) is 81.8 Å². The van der Waals surface area contributed by atoms with Crippen LogP contribution in [0.4, 0.5) is 0 Å². The summed E-state index contributed by atoms with van der Waals surface area (Å²) in [5.41, 5.74) is 4.68. The fraction of sp³-hybridized carbons (Fsp3) is 0.0500. The van der Waals surface area contributed by atoms with Gasteiger partial charge < -0.3 is 0 Å². The van der Waals surface area contributed by atoms with E-state index in [1.165, 1.54) is 0 Å². The maximum atomic E-state index is 12.1. The van der Waals surface area contributed by atoms with Crippen LogP contribution in [-0.2, 0) is 0 Å². The molecule has 2 aromatic rings. The van der Waals surface area contributed by atoms with Gasteiger partial charge in [-0.1, -0.05) is 71.2 Å². The minimum absolute atomic E-state index is 0.268. The lowest BCUT2D eigenvalue weighted by atomic mass is 9.75. The standard InChI is InChI=1S/C20H11B2ClOS/c21-13-9-10-14(22)19(20(23)24)18(13)17-11-5-1-3-7-15(11)25-16-8-4-2-6-12(16)17/h1-3,5-10H,4H2. The van der Waals surface area contributed by atoms with Crippen molar-refractivity contribution in [2.75, 3.05) is 0 Å². The average molecular weight is 356 g/mol. The number of thioether (sulfide) groups is 1. The van der Waals surface area contributed by atoms with Gasteiger partial charge in [0.1, 0.15) is 15.7 Å². The molecule has 1 aliphatic heterocycles. The zero-order valence-electron chi connectivity index (χ0n) is 13.3. The van der Waals surface area contributed by atoms with Gasteiger partial charge in [0.2, 0.25) is 0 Å². The van der Waals surface area contributed by atoms with Crippen LogP contribution in [0.15, 0.2) is 70.0 Å². The first-order chi connectivity index (χ1) is 12.1. The lowest BCUT2D eigenvalue weighted by Crippen LogP contribution is -2.25. The van der Waals surface area contributed by atoms with Gasteiger partial charge in [-0.25, -0.2) is 0 Å². The molecule has 0 saturated heterocycles. The fourth-order valence-corrected chi connectivity index (χ4v) is 4.59. The molecule has 0 unspecified atom stereocenters. The van der Waals surface area contributed by atoms with Crippen molar-refractivity contribution in [2.45, 2.75) is 11.3 Å². The van der Waals surface area contributed by atoms with Crippen LogP contribution in [0.25, 0.3) is 5.57 Å². The van der Waals surface area contributed by atoms with Gasteiger partial charge in [-0.2, -0.15) is 0 Å². The Morgan fingerprint density at radius 1 is 1.08 bits per heavy atom. The van der Waals surface area contributed by atoms with Crippen LogP contribution in [-0.4, -0.2) is 20.9 Å². The Kier molecular flexibility index (Phi) is 4.26. The van der Waals surface area contributed by atoms with E-state index in [9.17, 15) is 4.79 Å². The molecule has 2 aliphatic rings. The normalized spacial score (nSPS) is 15.5. The first kappa shape index (κ1) is 16.6. The first-order valence-corrected chi connectivity index (χ1v) is 9.04. The van der Waals surface area contributed by atoms with Gasteiger partial charge in [0.25, 0.3) is 5.24 Å². The predicted octanol–water partition coefficient (Wildman–Crippen LogP) is 3.40. The molecule has 4 rings (SSSR count). The number of rotatable bonds is 2. The molecule has 2 aromatic carbocycles. The third kappa shape index (κ3) is 2.74. The van der Waals surface area contributed by atoms with Gasteiger partial charge in [0.05, 0.1) is 0 Å². The molecule has 1 nitrogen and oxygen atoms in total. The summed E-state index contributed by atoms with van der Waals surface area (Å²) in [6.45, 7) is 0. The summed E-state index contributed by atoms with van der Waals surface area (Å²) in [4.78, 5) is 14.4. The molecule has 0 aromatic heterocycles. The predicted molar refractivity (Wildman–Crippen MR) is 108 cm³/mol. The Labute approximate surface area is 158 Å². The summed E-state index contributed by atoms with van der Waals surface area (Å²) in [7, 11) is 12.4. The van der Waals surface area contributed by atoms with E-state index < -0.39 is 5.24 Å². The summed E-state index contributed by atoms with van der Waals surface area (Å²) >= 11 is 7.60. The summed E-state index contributed by atoms with van der Waals surface area (Å²) in [6.07, 6.45) is 7.24. The van der Waals surface area contributed by atoms with Gasteiger partial charge in [-0.15, -0.1) is 0 Å². The zero-order chi connectivity index (χ0) is 17.6. The smallest absolute Gasteiger partial charge is 0.252 e. The number of hydrogen-bond donors (Lipinski definition) is 0. The highest BCUT2D eigenvalue weighted by atomic mass is 35.5. The van der Waals surface area contributed by atoms with E-state index in [4.69, 9.17) is 27.3 Å². The van der Waals surface area contributed by atoms with E-state index in [0.717, 1.165) is 32.9 Å². The molecule has 0 amide bonds. The molecular weight excluding hydrogens is 345 g/mol. The molecule has 0 N–H and O–H groups in total. The average Bonchev–Trinajstić information content (AvgIpc) is 2.61. The monoisotopic (exact) mass is 356 g/mol. The number of carbonyl (C=O) groups excluding carboxylic acids is 1. The van der Waals surface area contributed by atoms with Crippen molar-refractivity contribution >= 4 is 60.8 Å². The number of hydrogen-bond acceptors (Lipinski definition) is 2. The van der Waals surface area contributed by atoms with Gasteiger partial charge in [-0.3, -0.25) is 4.79 Å². The van der Waals surface area contributed by atoms with E-state index in [1.807, 2.05) is 18.2 Å². The molecule has 0 saturated carbocycles. The Hall–Kier alpha value is -1.90. The molecule has 1 aliphatic carbocycles. The summed E-state index contributed by atoms with van der Waals surface area (Å²) in [5, 5.41) is -0.603. The first-order valence-electron chi connectivity index (χ1n) is 7.84. The third-order valence-corrected chi connectivity index (χ3v) is 5.72. The molecule has 0 spiro atoms.